The average molecular weight is 545 g/mol. The van der Waals surface area contributed by atoms with Crippen LogP contribution in [0.2, 0.25) is 0 Å². The molecule has 0 unspecified atom stereocenters. The normalized spacial score (nSPS) is 12.4. The maximum Gasteiger partial charge on any atom is 0.134 e. The first kappa shape index (κ1) is 25.1. The largest absolute Gasteiger partial charge is 0.337 e. The highest BCUT2D eigenvalue weighted by atomic mass is 15.3. The molecule has 0 saturated carbocycles. The van der Waals surface area contributed by atoms with Crippen molar-refractivity contribution < 1.29 is 0 Å². The zero-order chi connectivity index (χ0) is 27.8. The van der Waals surface area contributed by atoms with Crippen LogP contribution in [0.3, 0.4) is 0 Å². The Bertz CT molecular complexity index is 1800. The van der Waals surface area contributed by atoms with E-state index in [1.807, 2.05) is 71.6 Å². The van der Waals surface area contributed by atoms with E-state index in [-0.39, 0.29) is 0 Å². The Labute approximate surface area is 238 Å². The van der Waals surface area contributed by atoms with E-state index in [9.17, 15) is 0 Å². The van der Waals surface area contributed by atoms with Gasteiger partial charge >= 0.3 is 0 Å². The van der Waals surface area contributed by atoms with E-state index >= 15 is 0 Å². The van der Waals surface area contributed by atoms with Gasteiger partial charge in [0.15, 0.2) is 0 Å². The standard InChI is InChI=1S/C31H32N10/c1-38-20-25(19-34-38)23-6-3-5-22(15-23)16-28-30-27(37-39(28)2)8-7-24-18-33-29(35-31(24)30)17-26-9-13-41(36-26)12-4-11-40-14-10-32-21-40/h3,5-6,9-10,13-15,18-21H,4,7-8,11-12,16-17H2,1-2H3. The lowest BCUT2D eigenvalue weighted by Gasteiger charge is -2.16. The van der Waals surface area contributed by atoms with Crippen molar-refractivity contribution in [2.45, 2.75) is 45.2 Å². The van der Waals surface area contributed by atoms with Gasteiger partial charge in [-0.2, -0.15) is 15.3 Å². The van der Waals surface area contributed by atoms with Crippen LogP contribution >= 0.6 is 0 Å². The monoisotopic (exact) mass is 544 g/mol. The van der Waals surface area contributed by atoms with Crippen LogP contribution < -0.4 is 0 Å². The molecule has 7 rings (SSSR count). The van der Waals surface area contributed by atoms with Crippen molar-refractivity contribution in [3.05, 3.63) is 108 Å². The molecule has 1 aliphatic rings. The molecule has 10 heteroatoms. The fourth-order valence-electron chi connectivity index (χ4n) is 5.70. The van der Waals surface area contributed by atoms with Crippen molar-refractivity contribution in [3.63, 3.8) is 0 Å². The summed E-state index contributed by atoms with van der Waals surface area (Å²) in [5, 5.41) is 14.0. The Kier molecular flexibility index (Phi) is 6.50. The Morgan fingerprint density at radius 1 is 0.927 bits per heavy atom. The minimum Gasteiger partial charge on any atom is -0.337 e. The molecular formula is C31H32N10. The lowest BCUT2D eigenvalue weighted by molar-refractivity contribution is 0.523. The molecule has 0 amide bonds. The van der Waals surface area contributed by atoms with Gasteiger partial charge in [-0.05, 0) is 42.0 Å². The van der Waals surface area contributed by atoms with Crippen molar-refractivity contribution >= 4 is 0 Å². The summed E-state index contributed by atoms with van der Waals surface area (Å²) in [6.45, 7) is 1.78. The lowest BCUT2D eigenvalue weighted by atomic mass is 9.91. The summed E-state index contributed by atoms with van der Waals surface area (Å²) < 4.78 is 7.95. The number of imidazole rings is 1. The van der Waals surface area contributed by atoms with E-state index in [1.165, 1.54) is 16.8 Å². The van der Waals surface area contributed by atoms with Gasteiger partial charge in [0.1, 0.15) is 5.82 Å². The Hall–Kier alpha value is -4.86. The highest BCUT2D eigenvalue weighted by Crippen LogP contribution is 2.35. The third-order valence-corrected chi connectivity index (χ3v) is 7.76. The van der Waals surface area contributed by atoms with Crippen LogP contribution in [0.15, 0.2) is 73.8 Å². The summed E-state index contributed by atoms with van der Waals surface area (Å²) in [5.41, 5.74) is 10.1. The van der Waals surface area contributed by atoms with Crippen molar-refractivity contribution in [1.82, 2.24) is 48.9 Å². The fourth-order valence-corrected chi connectivity index (χ4v) is 5.70. The number of rotatable bonds is 9. The number of nitrogens with zero attached hydrogens (tertiary/aromatic N) is 10. The van der Waals surface area contributed by atoms with Crippen molar-refractivity contribution in [2.75, 3.05) is 0 Å². The average Bonchev–Trinajstić information content (AvgIpc) is 3.79. The molecule has 0 saturated heterocycles. The molecular weight excluding hydrogens is 512 g/mol. The van der Waals surface area contributed by atoms with Gasteiger partial charge < -0.3 is 4.57 Å². The van der Waals surface area contributed by atoms with E-state index < -0.39 is 0 Å². The number of aryl methyl sites for hydroxylation is 6. The SMILES string of the molecule is Cn1cc(-c2cccc(Cc3c4c(nn3C)CCc3cnc(Cc5ccn(CCCn6ccnc6)n5)nc3-4)c2)cn1. The lowest BCUT2D eigenvalue weighted by Crippen LogP contribution is -2.10. The van der Waals surface area contributed by atoms with Crippen LogP contribution in [0, 0.1) is 0 Å². The molecule has 41 heavy (non-hydrogen) atoms. The number of hydrogen-bond acceptors (Lipinski definition) is 6. The predicted octanol–water partition coefficient (Wildman–Crippen LogP) is 4.04. The summed E-state index contributed by atoms with van der Waals surface area (Å²) in [7, 11) is 3.98. The zero-order valence-electron chi connectivity index (χ0n) is 23.4. The van der Waals surface area contributed by atoms with Crippen LogP contribution in [0.5, 0.6) is 0 Å². The predicted molar refractivity (Wildman–Crippen MR) is 155 cm³/mol. The molecule has 10 nitrogen and oxygen atoms in total. The molecule has 0 fully saturated rings. The molecule has 206 valence electrons. The topological polar surface area (TPSA) is 97.1 Å². The van der Waals surface area contributed by atoms with Gasteiger partial charge in [-0.25, -0.2) is 15.0 Å². The van der Waals surface area contributed by atoms with Gasteiger partial charge in [-0.1, -0.05) is 24.3 Å². The Morgan fingerprint density at radius 3 is 2.73 bits per heavy atom. The van der Waals surface area contributed by atoms with Gasteiger partial charge in [0.2, 0.25) is 0 Å². The molecule has 0 atom stereocenters. The molecule has 0 spiro atoms. The third kappa shape index (κ3) is 5.20. The number of aromatic nitrogens is 10. The van der Waals surface area contributed by atoms with Crippen LogP contribution in [0.25, 0.3) is 22.4 Å². The molecule has 6 aromatic rings. The maximum absolute atomic E-state index is 5.10. The van der Waals surface area contributed by atoms with E-state index in [1.54, 1.807) is 0 Å². The minimum atomic E-state index is 0.597. The minimum absolute atomic E-state index is 0.597. The summed E-state index contributed by atoms with van der Waals surface area (Å²) >= 11 is 0. The van der Waals surface area contributed by atoms with Crippen LogP contribution in [-0.4, -0.2) is 48.9 Å². The van der Waals surface area contributed by atoms with Gasteiger partial charge in [0.05, 0.1) is 41.7 Å². The molecule has 1 aromatic carbocycles. The Morgan fingerprint density at radius 2 is 1.88 bits per heavy atom. The molecule has 1 aliphatic carbocycles. The summed E-state index contributed by atoms with van der Waals surface area (Å²) in [5.74, 6) is 0.786. The number of benzene rings is 1. The van der Waals surface area contributed by atoms with Gasteiger partial charge in [-0.3, -0.25) is 14.0 Å². The molecule has 0 aliphatic heterocycles. The van der Waals surface area contributed by atoms with Gasteiger partial charge in [-0.15, -0.1) is 0 Å². The molecule has 0 N–H and O–H groups in total. The van der Waals surface area contributed by atoms with Crippen molar-refractivity contribution in [2.24, 2.45) is 14.1 Å². The van der Waals surface area contributed by atoms with Crippen LogP contribution in [0.4, 0.5) is 0 Å². The van der Waals surface area contributed by atoms with E-state index in [0.717, 1.165) is 78.4 Å². The third-order valence-electron chi connectivity index (χ3n) is 7.76. The van der Waals surface area contributed by atoms with Crippen molar-refractivity contribution in [3.8, 4) is 22.4 Å². The molecule has 5 heterocycles. The molecule has 0 bridgehead atoms. The van der Waals surface area contributed by atoms with Crippen LogP contribution in [0.1, 0.15) is 40.5 Å². The quantitative estimate of drug-likeness (QED) is 0.273. The summed E-state index contributed by atoms with van der Waals surface area (Å²) in [4.78, 5) is 13.9. The van der Waals surface area contributed by atoms with E-state index in [0.29, 0.717) is 6.42 Å². The maximum atomic E-state index is 5.10. The first-order chi connectivity index (χ1) is 20.1. The molecule has 5 aromatic heterocycles. The molecule has 0 radical (unpaired) electrons. The number of hydrogen-bond donors (Lipinski definition) is 0. The summed E-state index contributed by atoms with van der Waals surface area (Å²) in [6, 6.07) is 10.7. The van der Waals surface area contributed by atoms with Gasteiger partial charge in [0, 0.05) is 75.7 Å². The first-order valence-corrected chi connectivity index (χ1v) is 14.0. The highest BCUT2D eigenvalue weighted by Gasteiger charge is 2.26. The number of fused-ring (bicyclic) bond motifs is 3. The van der Waals surface area contributed by atoms with Crippen molar-refractivity contribution in [1.29, 1.82) is 0 Å². The second kappa shape index (κ2) is 10.6. The first-order valence-electron chi connectivity index (χ1n) is 14.0. The van der Waals surface area contributed by atoms with Gasteiger partial charge in [0.25, 0.3) is 0 Å². The van der Waals surface area contributed by atoms with E-state index in [4.69, 9.17) is 20.2 Å². The highest BCUT2D eigenvalue weighted by molar-refractivity contribution is 5.71. The second-order valence-corrected chi connectivity index (χ2v) is 10.7. The van der Waals surface area contributed by atoms with Crippen LogP contribution in [-0.2, 0) is 52.9 Å². The Balaban J connectivity index is 1.12. The summed E-state index contributed by atoms with van der Waals surface area (Å²) in [6.07, 6.45) is 17.8. The van der Waals surface area contributed by atoms with E-state index in [2.05, 4.69) is 45.0 Å². The smallest absolute Gasteiger partial charge is 0.134 e. The second-order valence-electron chi connectivity index (χ2n) is 10.7. The zero-order valence-corrected chi connectivity index (χ0v) is 23.4. The fraction of sp³-hybridized carbons (Fsp3) is 0.290.